The van der Waals surface area contributed by atoms with Crippen LogP contribution < -0.4 is 15.4 Å². The van der Waals surface area contributed by atoms with Crippen molar-refractivity contribution in [3.8, 4) is 11.6 Å². The fourth-order valence-corrected chi connectivity index (χ4v) is 5.15. The molecule has 0 unspecified atom stereocenters. The van der Waals surface area contributed by atoms with E-state index in [1.54, 1.807) is 36.4 Å². The summed E-state index contributed by atoms with van der Waals surface area (Å²) in [5, 5.41) is 14.8. The molecule has 0 aliphatic carbocycles. The predicted molar refractivity (Wildman–Crippen MR) is 159 cm³/mol. The van der Waals surface area contributed by atoms with Crippen molar-refractivity contribution in [3.05, 3.63) is 83.7 Å². The first-order valence-electron chi connectivity index (χ1n) is 14.0. The Bertz CT molecular complexity index is 1670. The monoisotopic (exact) mass is 608 g/mol. The summed E-state index contributed by atoms with van der Waals surface area (Å²) in [6.07, 6.45) is -4.72. The van der Waals surface area contributed by atoms with E-state index in [2.05, 4.69) is 39.3 Å². The first kappa shape index (κ1) is 30.7. The minimum absolute atomic E-state index is 0.0356. The summed E-state index contributed by atoms with van der Waals surface area (Å²) in [6, 6.07) is 15.5. The van der Waals surface area contributed by atoms with E-state index in [1.165, 1.54) is 18.2 Å². The molecule has 0 radical (unpaired) electrons. The van der Waals surface area contributed by atoms with Crippen molar-refractivity contribution in [2.45, 2.75) is 32.6 Å². The highest BCUT2D eigenvalue weighted by Gasteiger charge is 2.34. The summed E-state index contributed by atoms with van der Waals surface area (Å²) in [7, 11) is 0. The Hall–Kier alpha value is -4.75. The molecule has 1 aliphatic rings. The molecular formula is C31H31F3N6O4. The van der Waals surface area contributed by atoms with Gasteiger partial charge in [-0.1, -0.05) is 18.2 Å². The van der Waals surface area contributed by atoms with Gasteiger partial charge in [0.05, 0.1) is 5.56 Å². The Morgan fingerprint density at radius 3 is 2.45 bits per heavy atom. The topological polar surface area (TPSA) is 120 Å². The van der Waals surface area contributed by atoms with Gasteiger partial charge in [-0.15, -0.1) is 0 Å². The molecule has 3 aromatic carbocycles. The number of halogens is 3. The molecule has 10 nitrogen and oxygen atoms in total. The summed E-state index contributed by atoms with van der Waals surface area (Å²) >= 11 is 0. The van der Waals surface area contributed by atoms with Gasteiger partial charge in [0.1, 0.15) is 17.9 Å². The van der Waals surface area contributed by atoms with Crippen molar-refractivity contribution in [1.29, 1.82) is 0 Å². The molecular weight excluding hydrogens is 577 g/mol. The zero-order valence-corrected chi connectivity index (χ0v) is 24.1. The molecule has 1 saturated heterocycles. The average Bonchev–Trinajstić information content (AvgIpc) is 2.97. The van der Waals surface area contributed by atoms with Crippen LogP contribution in [0.3, 0.4) is 0 Å². The van der Waals surface area contributed by atoms with Gasteiger partial charge in [-0.25, -0.2) is 14.8 Å². The lowest BCUT2D eigenvalue weighted by Gasteiger charge is -2.37. The molecule has 13 heteroatoms. The number of rotatable bonds is 8. The summed E-state index contributed by atoms with van der Waals surface area (Å²) in [5.41, 5.74) is -0.291. The highest BCUT2D eigenvalue weighted by molar-refractivity contribution is 6.13. The van der Waals surface area contributed by atoms with Crippen LogP contribution >= 0.6 is 0 Å². The molecule has 230 valence electrons. The second-order valence-corrected chi connectivity index (χ2v) is 10.7. The van der Waals surface area contributed by atoms with Crippen molar-refractivity contribution in [3.63, 3.8) is 0 Å². The molecule has 0 spiro atoms. The van der Waals surface area contributed by atoms with Gasteiger partial charge in [-0.2, -0.15) is 13.2 Å². The molecule has 2 heterocycles. The van der Waals surface area contributed by atoms with Crippen molar-refractivity contribution >= 4 is 34.3 Å². The number of alkyl halides is 3. The van der Waals surface area contributed by atoms with E-state index in [-0.39, 0.29) is 35.1 Å². The summed E-state index contributed by atoms with van der Waals surface area (Å²) in [5.74, 6) is -0.0617. The first-order valence-corrected chi connectivity index (χ1v) is 14.0. The van der Waals surface area contributed by atoms with Gasteiger partial charge < -0.3 is 15.2 Å². The molecule has 1 aromatic heterocycles. The van der Waals surface area contributed by atoms with E-state index in [0.29, 0.717) is 35.7 Å². The third kappa shape index (κ3) is 7.41. The van der Waals surface area contributed by atoms with Crippen LogP contribution in [-0.4, -0.2) is 69.1 Å². The van der Waals surface area contributed by atoms with E-state index < -0.39 is 23.7 Å². The largest absolute Gasteiger partial charge is 0.465 e. The highest BCUT2D eigenvalue weighted by Crippen LogP contribution is 2.35. The molecule has 0 atom stereocenters. The number of nitrogens with one attached hydrogen (secondary N) is 2. The number of piperazine rings is 1. The number of nitrogens with zero attached hydrogens (tertiary/aromatic N) is 4. The highest BCUT2D eigenvalue weighted by atomic mass is 19.4. The third-order valence-electron chi connectivity index (χ3n) is 7.40. The second kappa shape index (κ2) is 12.9. The molecule has 3 N–H and O–H groups in total. The minimum atomic E-state index is -4.58. The normalized spacial score (nSPS) is 14.5. The summed E-state index contributed by atoms with van der Waals surface area (Å²) in [4.78, 5) is 36.2. The van der Waals surface area contributed by atoms with Gasteiger partial charge in [0.2, 0.25) is 5.88 Å². The van der Waals surface area contributed by atoms with Crippen LogP contribution in [0.1, 0.15) is 35.3 Å². The van der Waals surface area contributed by atoms with Gasteiger partial charge in [0, 0.05) is 56.1 Å². The van der Waals surface area contributed by atoms with Crippen molar-refractivity contribution in [2.75, 3.05) is 36.8 Å². The SMILES string of the molecule is CC(C)N1CCN(Cc2ccc(NC(=O)c3cccc4cc(Oc5cc(NC(=O)O)ncn5)ccc34)cc2C(F)(F)F)CC1. The number of carbonyl (C=O) groups excluding carboxylic acids is 1. The lowest BCUT2D eigenvalue weighted by atomic mass is 10.0. The Kier molecular flexibility index (Phi) is 8.97. The maximum atomic E-state index is 14.1. The molecule has 1 fully saturated rings. The van der Waals surface area contributed by atoms with Crippen LogP contribution in [0.2, 0.25) is 0 Å². The second-order valence-electron chi connectivity index (χ2n) is 10.7. The number of ether oxygens (including phenoxy) is 1. The fourth-order valence-electron chi connectivity index (χ4n) is 5.15. The Labute approximate surface area is 251 Å². The van der Waals surface area contributed by atoms with E-state index in [4.69, 9.17) is 9.84 Å². The Morgan fingerprint density at radius 2 is 1.75 bits per heavy atom. The van der Waals surface area contributed by atoms with Gasteiger partial charge in [-0.05, 0) is 66.6 Å². The van der Waals surface area contributed by atoms with Crippen LogP contribution in [0, 0.1) is 0 Å². The van der Waals surface area contributed by atoms with E-state index in [0.717, 1.165) is 25.5 Å². The molecule has 44 heavy (non-hydrogen) atoms. The van der Waals surface area contributed by atoms with E-state index in [9.17, 15) is 22.8 Å². The zero-order chi connectivity index (χ0) is 31.4. The van der Waals surface area contributed by atoms with Crippen molar-refractivity contribution in [1.82, 2.24) is 19.8 Å². The number of hydrogen-bond acceptors (Lipinski definition) is 7. The molecule has 2 amide bonds. The van der Waals surface area contributed by atoms with Gasteiger partial charge in [-0.3, -0.25) is 19.9 Å². The zero-order valence-electron chi connectivity index (χ0n) is 24.1. The number of fused-ring (bicyclic) bond motifs is 1. The lowest BCUT2D eigenvalue weighted by molar-refractivity contribution is -0.138. The van der Waals surface area contributed by atoms with Gasteiger partial charge in [0.25, 0.3) is 5.91 Å². The van der Waals surface area contributed by atoms with Crippen LogP contribution in [0.15, 0.2) is 67.0 Å². The first-order chi connectivity index (χ1) is 21.0. The molecule has 5 rings (SSSR count). The van der Waals surface area contributed by atoms with Gasteiger partial charge >= 0.3 is 12.3 Å². The number of carboxylic acid groups (broad SMARTS) is 1. The van der Waals surface area contributed by atoms with Gasteiger partial charge in [0.15, 0.2) is 0 Å². The maximum Gasteiger partial charge on any atom is 0.416 e. The number of carbonyl (C=O) groups is 2. The standard InChI is InChI=1S/C31H31F3N6O4/c1-19(2)40-12-10-39(11-13-40)17-21-6-7-22(15-26(21)31(32,33)34)37-29(41)25-5-3-4-20-14-23(8-9-24(20)25)44-28-16-27(35-18-36-28)38-30(42)43/h3-9,14-16,18-19H,10-13,17H2,1-2H3,(H,37,41)(H,42,43)(H,35,36,38). The third-order valence-corrected chi connectivity index (χ3v) is 7.40. The Balaban J connectivity index is 1.32. The van der Waals surface area contributed by atoms with Crippen molar-refractivity contribution < 1.29 is 32.6 Å². The lowest BCUT2D eigenvalue weighted by Crippen LogP contribution is -2.48. The van der Waals surface area contributed by atoms with Crippen LogP contribution in [0.4, 0.5) is 29.5 Å². The average molecular weight is 609 g/mol. The number of benzene rings is 3. The fraction of sp³-hybridized carbons (Fsp3) is 0.290. The van der Waals surface area contributed by atoms with Crippen molar-refractivity contribution in [2.24, 2.45) is 0 Å². The number of amides is 2. The van der Waals surface area contributed by atoms with Crippen LogP contribution in [0.25, 0.3) is 10.8 Å². The maximum absolute atomic E-state index is 14.1. The molecule has 4 aromatic rings. The number of anilines is 2. The van der Waals surface area contributed by atoms with E-state index >= 15 is 0 Å². The minimum Gasteiger partial charge on any atom is -0.465 e. The van der Waals surface area contributed by atoms with Crippen LogP contribution in [-0.2, 0) is 12.7 Å². The number of hydrogen-bond donors (Lipinski definition) is 3. The van der Waals surface area contributed by atoms with E-state index in [1.807, 2.05) is 4.90 Å². The summed E-state index contributed by atoms with van der Waals surface area (Å²) in [6.45, 7) is 7.37. The smallest absolute Gasteiger partial charge is 0.416 e. The predicted octanol–water partition coefficient (Wildman–Crippen LogP) is 6.31. The van der Waals surface area contributed by atoms with Crippen LogP contribution in [0.5, 0.6) is 11.6 Å². The summed E-state index contributed by atoms with van der Waals surface area (Å²) < 4.78 is 48.0. The molecule has 0 bridgehead atoms. The molecule has 0 saturated carbocycles. The molecule has 1 aliphatic heterocycles. The Morgan fingerprint density at radius 1 is 0.977 bits per heavy atom. The number of aromatic nitrogens is 2. The quantitative estimate of drug-likeness (QED) is 0.213.